The zero-order chi connectivity index (χ0) is 11.5. The molecule has 0 aromatic carbocycles. The highest BCUT2D eigenvalue weighted by Gasteiger charge is 2.03. The molecule has 2 aromatic rings. The Morgan fingerprint density at radius 2 is 2.38 bits per heavy atom. The van der Waals surface area contributed by atoms with E-state index in [0.29, 0.717) is 18.1 Å². The van der Waals surface area contributed by atoms with Crippen LogP contribution in [0.15, 0.2) is 18.3 Å². The minimum Gasteiger partial charge on any atom is -0.370 e. The van der Waals surface area contributed by atoms with E-state index in [-0.39, 0.29) is 12.2 Å². The lowest BCUT2D eigenvalue weighted by Crippen LogP contribution is -2.16. The minimum atomic E-state index is -0.401. The summed E-state index contributed by atoms with van der Waals surface area (Å²) in [6.07, 6.45) is 1.42. The van der Waals surface area contributed by atoms with Crippen LogP contribution in [0.25, 0.3) is 5.65 Å². The minimum absolute atomic E-state index is 0.198. The fourth-order valence-electron chi connectivity index (χ4n) is 1.23. The summed E-state index contributed by atoms with van der Waals surface area (Å²) < 4.78 is 14.2. The summed E-state index contributed by atoms with van der Waals surface area (Å²) in [4.78, 5) is 14.6. The zero-order valence-corrected chi connectivity index (χ0v) is 8.35. The number of nitrogens with zero attached hydrogens (tertiary/aromatic N) is 3. The van der Waals surface area contributed by atoms with E-state index in [0.717, 1.165) is 0 Å². The fraction of sp³-hybridized carbons (Fsp3) is 0.222. The second kappa shape index (κ2) is 4.13. The lowest BCUT2D eigenvalue weighted by Gasteiger charge is -1.96. The number of primary amides is 1. The molecule has 16 heavy (non-hydrogen) atoms. The van der Waals surface area contributed by atoms with E-state index in [9.17, 15) is 9.18 Å². The highest BCUT2D eigenvalue weighted by molar-refractivity contribution is 5.74. The summed E-state index contributed by atoms with van der Waals surface area (Å²) in [5.41, 5.74) is 5.51. The molecule has 84 valence electrons. The maximum absolute atomic E-state index is 12.8. The van der Waals surface area contributed by atoms with Crippen molar-refractivity contribution in [3.63, 3.8) is 0 Å². The average molecular weight is 223 g/mol. The van der Waals surface area contributed by atoms with Crippen molar-refractivity contribution in [1.82, 2.24) is 14.6 Å². The summed E-state index contributed by atoms with van der Waals surface area (Å²) >= 11 is 0. The Morgan fingerprint density at radius 3 is 3.12 bits per heavy atom. The Bertz CT molecular complexity index is 524. The molecule has 2 rings (SSSR count). The second-order valence-electron chi connectivity index (χ2n) is 3.23. The summed E-state index contributed by atoms with van der Waals surface area (Å²) in [6.45, 7) is 0.356. The van der Waals surface area contributed by atoms with E-state index in [1.807, 2.05) is 0 Å². The number of carbonyl (C=O) groups excluding carboxylic acids is 1. The van der Waals surface area contributed by atoms with E-state index in [4.69, 9.17) is 5.73 Å². The second-order valence-corrected chi connectivity index (χ2v) is 3.23. The van der Waals surface area contributed by atoms with Crippen LogP contribution in [0, 0.1) is 5.82 Å². The van der Waals surface area contributed by atoms with Crippen molar-refractivity contribution in [1.29, 1.82) is 0 Å². The van der Waals surface area contributed by atoms with Gasteiger partial charge in [0, 0.05) is 13.0 Å². The fourth-order valence-corrected chi connectivity index (χ4v) is 1.23. The van der Waals surface area contributed by atoms with Crippen molar-refractivity contribution in [2.75, 3.05) is 11.9 Å². The predicted octanol–water partition coefficient (Wildman–Crippen LogP) is 0.156. The maximum atomic E-state index is 12.8. The Kier molecular flexibility index (Phi) is 2.67. The van der Waals surface area contributed by atoms with Crippen LogP contribution in [0.3, 0.4) is 0 Å². The van der Waals surface area contributed by atoms with Gasteiger partial charge in [-0.15, -0.1) is 5.10 Å². The van der Waals surface area contributed by atoms with E-state index in [2.05, 4.69) is 15.4 Å². The van der Waals surface area contributed by atoms with Crippen LogP contribution in [0.2, 0.25) is 0 Å². The Labute approximate surface area is 90.3 Å². The summed E-state index contributed by atoms with van der Waals surface area (Å²) in [7, 11) is 0. The van der Waals surface area contributed by atoms with Crippen LogP contribution in [-0.4, -0.2) is 27.0 Å². The SMILES string of the molecule is NC(=O)CCNc1nc2ccc(F)cn2n1. The molecule has 0 saturated heterocycles. The molecular weight excluding hydrogens is 213 g/mol. The summed E-state index contributed by atoms with van der Waals surface area (Å²) in [6, 6.07) is 2.82. The van der Waals surface area contributed by atoms with Gasteiger partial charge in [0.15, 0.2) is 5.65 Å². The lowest BCUT2D eigenvalue weighted by molar-refractivity contribution is -0.117. The lowest BCUT2D eigenvalue weighted by atomic mass is 10.4. The number of anilines is 1. The number of pyridine rings is 1. The highest BCUT2D eigenvalue weighted by atomic mass is 19.1. The van der Waals surface area contributed by atoms with Crippen molar-refractivity contribution in [3.05, 3.63) is 24.1 Å². The molecule has 0 atom stereocenters. The molecular formula is C9H10FN5O. The third-order valence-electron chi connectivity index (χ3n) is 1.95. The molecule has 0 saturated carbocycles. The topological polar surface area (TPSA) is 85.3 Å². The maximum Gasteiger partial charge on any atom is 0.243 e. The number of nitrogens with one attached hydrogen (secondary N) is 1. The molecule has 0 bridgehead atoms. The van der Waals surface area contributed by atoms with Gasteiger partial charge in [-0.2, -0.15) is 4.98 Å². The molecule has 7 heteroatoms. The number of hydrogen-bond donors (Lipinski definition) is 2. The van der Waals surface area contributed by atoms with Crippen LogP contribution >= 0.6 is 0 Å². The van der Waals surface area contributed by atoms with E-state index >= 15 is 0 Å². The van der Waals surface area contributed by atoms with Gasteiger partial charge in [-0.1, -0.05) is 0 Å². The number of aromatic nitrogens is 3. The van der Waals surface area contributed by atoms with Crippen molar-refractivity contribution >= 4 is 17.5 Å². The van der Waals surface area contributed by atoms with Gasteiger partial charge >= 0.3 is 0 Å². The van der Waals surface area contributed by atoms with Gasteiger partial charge in [-0.05, 0) is 12.1 Å². The van der Waals surface area contributed by atoms with Gasteiger partial charge < -0.3 is 11.1 Å². The van der Waals surface area contributed by atoms with E-state index in [1.54, 1.807) is 0 Å². The molecule has 0 unspecified atom stereocenters. The van der Waals surface area contributed by atoms with Gasteiger partial charge in [0.2, 0.25) is 11.9 Å². The molecule has 0 radical (unpaired) electrons. The molecule has 0 aliphatic rings. The molecule has 0 fully saturated rings. The first kappa shape index (κ1) is 10.3. The molecule has 0 aliphatic carbocycles. The average Bonchev–Trinajstić information content (AvgIpc) is 2.58. The Balaban J connectivity index is 2.10. The number of carbonyl (C=O) groups is 1. The van der Waals surface area contributed by atoms with Crippen LogP contribution < -0.4 is 11.1 Å². The zero-order valence-electron chi connectivity index (χ0n) is 8.35. The van der Waals surface area contributed by atoms with E-state index in [1.165, 1.54) is 22.8 Å². The van der Waals surface area contributed by atoms with Crippen molar-refractivity contribution < 1.29 is 9.18 Å². The van der Waals surface area contributed by atoms with Crippen LogP contribution in [0.4, 0.5) is 10.3 Å². The van der Waals surface area contributed by atoms with Crippen LogP contribution in [0.1, 0.15) is 6.42 Å². The van der Waals surface area contributed by atoms with Gasteiger partial charge in [-0.25, -0.2) is 8.91 Å². The Morgan fingerprint density at radius 1 is 1.56 bits per heavy atom. The van der Waals surface area contributed by atoms with Crippen LogP contribution in [-0.2, 0) is 4.79 Å². The number of halogens is 1. The van der Waals surface area contributed by atoms with Crippen molar-refractivity contribution in [2.45, 2.75) is 6.42 Å². The first-order chi connectivity index (χ1) is 7.65. The number of fused-ring (bicyclic) bond motifs is 1. The summed E-state index contributed by atoms with van der Waals surface area (Å²) in [5, 5.41) is 6.79. The Hall–Kier alpha value is -2.18. The monoisotopic (exact) mass is 223 g/mol. The summed E-state index contributed by atoms with van der Waals surface area (Å²) in [5.74, 6) is -0.449. The predicted molar refractivity (Wildman–Crippen MR) is 55.2 cm³/mol. The van der Waals surface area contributed by atoms with Gasteiger partial charge in [0.25, 0.3) is 0 Å². The molecule has 0 spiro atoms. The number of rotatable bonds is 4. The largest absolute Gasteiger partial charge is 0.370 e. The standard InChI is InChI=1S/C9H10FN5O/c10-6-1-2-8-13-9(14-15(8)5-6)12-4-3-7(11)16/h1-2,5H,3-4H2,(H2,11,16)(H,12,14). The number of hydrogen-bond acceptors (Lipinski definition) is 4. The third kappa shape index (κ3) is 2.25. The van der Waals surface area contributed by atoms with E-state index < -0.39 is 5.91 Å². The third-order valence-corrected chi connectivity index (χ3v) is 1.95. The number of nitrogens with two attached hydrogens (primary N) is 1. The molecule has 2 aromatic heterocycles. The highest BCUT2D eigenvalue weighted by Crippen LogP contribution is 2.06. The number of amides is 1. The molecule has 6 nitrogen and oxygen atoms in total. The van der Waals surface area contributed by atoms with Crippen molar-refractivity contribution in [3.8, 4) is 0 Å². The molecule has 1 amide bonds. The van der Waals surface area contributed by atoms with Gasteiger partial charge in [-0.3, -0.25) is 4.79 Å². The molecule has 2 heterocycles. The quantitative estimate of drug-likeness (QED) is 0.772. The molecule has 0 aliphatic heterocycles. The first-order valence-corrected chi connectivity index (χ1v) is 4.69. The van der Waals surface area contributed by atoms with Gasteiger partial charge in [0.05, 0.1) is 6.20 Å². The molecule has 3 N–H and O–H groups in total. The normalized spacial score (nSPS) is 10.6. The smallest absolute Gasteiger partial charge is 0.243 e. The van der Waals surface area contributed by atoms with Crippen molar-refractivity contribution in [2.24, 2.45) is 5.73 Å². The van der Waals surface area contributed by atoms with Crippen LogP contribution in [0.5, 0.6) is 0 Å². The first-order valence-electron chi connectivity index (χ1n) is 4.69. The van der Waals surface area contributed by atoms with Gasteiger partial charge in [0.1, 0.15) is 5.82 Å².